The monoisotopic (exact) mass is 283 g/mol. The molecule has 0 atom stereocenters. The number of hydrogen-bond acceptors (Lipinski definition) is 4. The molecule has 2 rings (SSSR count). The van der Waals surface area contributed by atoms with E-state index in [4.69, 9.17) is 22.1 Å². The number of nitrogens with two attached hydrogens (primary N) is 1. The third-order valence-corrected chi connectivity index (χ3v) is 2.67. The maximum atomic E-state index is 13.8. The first kappa shape index (κ1) is 13.4. The van der Waals surface area contributed by atoms with Crippen LogP contribution in [0.15, 0.2) is 24.4 Å². The van der Waals surface area contributed by atoms with Gasteiger partial charge in [0, 0.05) is 5.02 Å². The Morgan fingerprint density at radius 1 is 1.58 bits per heavy atom. The highest BCUT2D eigenvalue weighted by Gasteiger charge is 2.18. The smallest absolute Gasteiger partial charge is 0.343 e. The topological polar surface area (TPSA) is 70.1 Å². The van der Waals surface area contributed by atoms with Crippen molar-refractivity contribution in [3.63, 3.8) is 0 Å². The van der Waals surface area contributed by atoms with Crippen LogP contribution in [0.3, 0.4) is 0 Å². The van der Waals surface area contributed by atoms with Gasteiger partial charge in [-0.15, -0.1) is 0 Å². The first-order chi connectivity index (χ1) is 9.04. The molecule has 0 aliphatic rings. The van der Waals surface area contributed by atoms with Crippen molar-refractivity contribution in [3.05, 3.63) is 40.8 Å². The second-order valence-corrected chi connectivity index (χ2v) is 4.11. The summed E-state index contributed by atoms with van der Waals surface area (Å²) in [6.45, 7) is 1.90. The minimum absolute atomic E-state index is 0.0136. The van der Waals surface area contributed by atoms with E-state index in [1.165, 1.54) is 18.3 Å². The summed E-state index contributed by atoms with van der Waals surface area (Å²) in [5.74, 6) is -1.17. The molecule has 100 valence electrons. The SMILES string of the molecule is CCOC(=O)c1cnn(-c2ccc(Cl)cc2F)c1N. The number of esters is 1. The van der Waals surface area contributed by atoms with Crippen LogP contribution >= 0.6 is 11.6 Å². The van der Waals surface area contributed by atoms with E-state index < -0.39 is 11.8 Å². The lowest BCUT2D eigenvalue weighted by molar-refractivity contribution is 0.0527. The van der Waals surface area contributed by atoms with Gasteiger partial charge >= 0.3 is 5.97 Å². The molecular formula is C12H11ClFN3O2. The highest BCUT2D eigenvalue weighted by Crippen LogP contribution is 2.22. The molecule has 0 bridgehead atoms. The zero-order chi connectivity index (χ0) is 14.0. The lowest BCUT2D eigenvalue weighted by atomic mass is 10.3. The van der Waals surface area contributed by atoms with E-state index in [0.29, 0.717) is 0 Å². The molecular weight excluding hydrogens is 273 g/mol. The molecule has 0 unspecified atom stereocenters. The van der Waals surface area contributed by atoms with E-state index in [1.807, 2.05) is 0 Å². The first-order valence-corrected chi connectivity index (χ1v) is 5.88. The lowest BCUT2D eigenvalue weighted by Crippen LogP contribution is -2.09. The summed E-state index contributed by atoms with van der Waals surface area (Å²) in [7, 11) is 0. The Balaban J connectivity index is 2.44. The third-order valence-electron chi connectivity index (χ3n) is 2.44. The molecule has 5 nitrogen and oxygen atoms in total. The molecule has 2 N–H and O–H groups in total. The van der Waals surface area contributed by atoms with Gasteiger partial charge in [0.2, 0.25) is 0 Å². The second-order valence-electron chi connectivity index (χ2n) is 3.67. The normalized spacial score (nSPS) is 10.5. The number of hydrogen-bond donors (Lipinski definition) is 1. The minimum atomic E-state index is -0.597. The number of anilines is 1. The zero-order valence-electron chi connectivity index (χ0n) is 10.1. The number of aromatic nitrogens is 2. The van der Waals surface area contributed by atoms with E-state index >= 15 is 0 Å². The predicted octanol–water partition coefficient (Wildman–Crippen LogP) is 2.42. The molecule has 1 aromatic carbocycles. The number of carbonyl (C=O) groups excluding carboxylic acids is 1. The Bertz CT molecular complexity index is 627. The second kappa shape index (κ2) is 5.27. The highest BCUT2D eigenvalue weighted by molar-refractivity contribution is 6.30. The Kier molecular flexibility index (Phi) is 3.71. The molecule has 0 saturated carbocycles. The molecule has 2 aromatic rings. The van der Waals surface area contributed by atoms with Crippen molar-refractivity contribution in [2.45, 2.75) is 6.92 Å². The number of nitrogens with zero attached hydrogens (tertiary/aromatic N) is 2. The van der Waals surface area contributed by atoms with Gasteiger partial charge in [0.25, 0.3) is 0 Å². The molecule has 0 amide bonds. The van der Waals surface area contributed by atoms with Crippen LogP contribution < -0.4 is 5.73 Å². The molecule has 0 aliphatic carbocycles. The van der Waals surface area contributed by atoms with E-state index in [9.17, 15) is 9.18 Å². The van der Waals surface area contributed by atoms with Gasteiger partial charge in [0.1, 0.15) is 22.9 Å². The fraction of sp³-hybridized carbons (Fsp3) is 0.167. The lowest BCUT2D eigenvalue weighted by Gasteiger charge is -2.06. The summed E-state index contributed by atoms with van der Waals surface area (Å²) in [6.07, 6.45) is 1.24. The summed E-state index contributed by atoms with van der Waals surface area (Å²) in [5.41, 5.74) is 5.98. The Labute approximate surface area is 113 Å². The van der Waals surface area contributed by atoms with Gasteiger partial charge in [-0.2, -0.15) is 5.10 Å². The van der Waals surface area contributed by atoms with Crippen LogP contribution in [0, 0.1) is 5.82 Å². The summed E-state index contributed by atoms with van der Waals surface area (Å²) in [4.78, 5) is 11.6. The number of nitrogen functional groups attached to an aromatic ring is 1. The van der Waals surface area contributed by atoms with Crippen LogP contribution in [-0.2, 0) is 4.74 Å². The molecule has 0 radical (unpaired) electrons. The maximum Gasteiger partial charge on any atom is 0.343 e. The zero-order valence-corrected chi connectivity index (χ0v) is 10.8. The van der Waals surface area contributed by atoms with Gasteiger partial charge in [-0.1, -0.05) is 11.6 Å². The quantitative estimate of drug-likeness (QED) is 0.878. The number of halogens is 2. The average molecular weight is 284 g/mol. The van der Waals surface area contributed by atoms with E-state index in [-0.39, 0.29) is 28.7 Å². The summed E-state index contributed by atoms with van der Waals surface area (Å²) < 4.78 is 19.7. The summed E-state index contributed by atoms with van der Waals surface area (Å²) in [5, 5.41) is 4.15. The van der Waals surface area contributed by atoms with Crippen LogP contribution in [-0.4, -0.2) is 22.4 Å². The van der Waals surface area contributed by atoms with Gasteiger partial charge < -0.3 is 10.5 Å². The Morgan fingerprint density at radius 3 is 2.95 bits per heavy atom. The molecule has 1 heterocycles. The predicted molar refractivity (Wildman–Crippen MR) is 68.9 cm³/mol. The number of ether oxygens (including phenoxy) is 1. The van der Waals surface area contributed by atoms with E-state index in [1.54, 1.807) is 6.92 Å². The van der Waals surface area contributed by atoms with Gasteiger partial charge in [-0.3, -0.25) is 0 Å². The molecule has 0 aliphatic heterocycles. The van der Waals surface area contributed by atoms with Crippen molar-refractivity contribution in [2.24, 2.45) is 0 Å². The molecule has 0 spiro atoms. The fourth-order valence-electron chi connectivity index (χ4n) is 1.57. The molecule has 0 fully saturated rings. The van der Waals surface area contributed by atoms with Crippen LogP contribution in [0.2, 0.25) is 5.02 Å². The van der Waals surface area contributed by atoms with Crippen LogP contribution in [0.5, 0.6) is 0 Å². The van der Waals surface area contributed by atoms with Crippen molar-refractivity contribution >= 4 is 23.4 Å². The van der Waals surface area contributed by atoms with Crippen molar-refractivity contribution < 1.29 is 13.9 Å². The highest BCUT2D eigenvalue weighted by atomic mass is 35.5. The molecule has 7 heteroatoms. The first-order valence-electron chi connectivity index (χ1n) is 5.50. The van der Waals surface area contributed by atoms with Crippen molar-refractivity contribution in [1.29, 1.82) is 0 Å². The van der Waals surface area contributed by atoms with Gasteiger partial charge in [0.15, 0.2) is 0 Å². The number of carbonyl (C=O) groups is 1. The maximum absolute atomic E-state index is 13.8. The van der Waals surface area contributed by atoms with E-state index in [2.05, 4.69) is 5.10 Å². The van der Waals surface area contributed by atoms with Crippen molar-refractivity contribution in [1.82, 2.24) is 9.78 Å². The van der Waals surface area contributed by atoms with Gasteiger partial charge in [-0.25, -0.2) is 13.9 Å². The minimum Gasteiger partial charge on any atom is -0.462 e. The Morgan fingerprint density at radius 2 is 2.32 bits per heavy atom. The van der Waals surface area contributed by atoms with E-state index in [0.717, 1.165) is 10.7 Å². The fourth-order valence-corrected chi connectivity index (χ4v) is 1.73. The van der Waals surface area contributed by atoms with Crippen molar-refractivity contribution in [3.8, 4) is 5.69 Å². The molecule has 0 saturated heterocycles. The van der Waals surface area contributed by atoms with Crippen LogP contribution in [0.1, 0.15) is 17.3 Å². The average Bonchev–Trinajstić information content (AvgIpc) is 2.72. The van der Waals surface area contributed by atoms with Crippen molar-refractivity contribution in [2.75, 3.05) is 12.3 Å². The van der Waals surface area contributed by atoms with Gasteiger partial charge in [0.05, 0.1) is 12.8 Å². The number of rotatable bonds is 3. The van der Waals surface area contributed by atoms with Gasteiger partial charge in [-0.05, 0) is 25.1 Å². The largest absolute Gasteiger partial charge is 0.462 e. The standard InChI is InChI=1S/C12H11ClFN3O2/c1-2-19-12(18)8-6-16-17(11(8)15)10-4-3-7(13)5-9(10)14/h3-6H,2,15H2,1H3. The number of benzene rings is 1. The third kappa shape index (κ3) is 2.53. The molecule has 19 heavy (non-hydrogen) atoms. The molecule has 1 aromatic heterocycles. The summed E-state index contributed by atoms with van der Waals surface area (Å²) >= 11 is 5.67. The summed E-state index contributed by atoms with van der Waals surface area (Å²) in [6, 6.07) is 4.07. The van der Waals surface area contributed by atoms with Crippen LogP contribution in [0.4, 0.5) is 10.2 Å². The Hall–Kier alpha value is -2.08. The van der Waals surface area contributed by atoms with Crippen LogP contribution in [0.25, 0.3) is 5.69 Å².